The van der Waals surface area contributed by atoms with Gasteiger partial charge in [-0.25, -0.2) is 0 Å². The molecule has 1 atom stereocenters. The van der Waals surface area contributed by atoms with Gasteiger partial charge in [0.05, 0.1) is 5.02 Å². The van der Waals surface area contributed by atoms with Gasteiger partial charge in [-0.05, 0) is 36.1 Å². The SMILES string of the molecule is CCC(C)c1ccccc1OCC(=O)c1ccccc1Cl. The maximum atomic E-state index is 12.2. The average molecular weight is 303 g/mol. The topological polar surface area (TPSA) is 26.3 Å². The van der Waals surface area contributed by atoms with E-state index < -0.39 is 0 Å². The van der Waals surface area contributed by atoms with Crippen LogP contribution in [0.25, 0.3) is 0 Å². The Balaban J connectivity index is 2.10. The Morgan fingerprint density at radius 3 is 2.52 bits per heavy atom. The van der Waals surface area contributed by atoms with Gasteiger partial charge in [-0.15, -0.1) is 0 Å². The monoisotopic (exact) mass is 302 g/mol. The fraction of sp³-hybridized carbons (Fsp3) is 0.278. The summed E-state index contributed by atoms with van der Waals surface area (Å²) in [6.07, 6.45) is 1.03. The summed E-state index contributed by atoms with van der Waals surface area (Å²) in [5, 5.41) is 0.460. The second kappa shape index (κ2) is 7.28. The summed E-state index contributed by atoms with van der Waals surface area (Å²) in [6, 6.07) is 14.9. The Morgan fingerprint density at radius 2 is 1.81 bits per heavy atom. The minimum Gasteiger partial charge on any atom is -0.485 e. The first-order chi connectivity index (χ1) is 10.1. The quantitative estimate of drug-likeness (QED) is 0.693. The Hall–Kier alpha value is -1.80. The molecule has 0 aliphatic carbocycles. The van der Waals surface area contributed by atoms with Crippen LogP contribution in [0.1, 0.15) is 42.1 Å². The van der Waals surface area contributed by atoms with Gasteiger partial charge in [-0.3, -0.25) is 4.79 Å². The Morgan fingerprint density at radius 1 is 1.14 bits per heavy atom. The molecule has 0 N–H and O–H groups in total. The lowest BCUT2D eigenvalue weighted by atomic mass is 9.98. The van der Waals surface area contributed by atoms with Crippen LogP contribution >= 0.6 is 11.6 Å². The molecule has 0 bridgehead atoms. The summed E-state index contributed by atoms with van der Waals surface area (Å²) >= 11 is 6.03. The molecule has 0 heterocycles. The van der Waals surface area contributed by atoms with Crippen molar-refractivity contribution < 1.29 is 9.53 Å². The lowest BCUT2D eigenvalue weighted by Gasteiger charge is -2.15. The fourth-order valence-corrected chi connectivity index (χ4v) is 2.39. The molecule has 3 heteroatoms. The van der Waals surface area contributed by atoms with Crippen molar-refractivity contribution in [1.29, 1.82) is 0 Å². The Kier molecular flexibility index (Phi) is 5.40. The van der Waals surface area contributed by atoms with E-state index in [1.54, 1.807) is 24.3 Å². The summed E-state index contributed by atoms with van der Waals surface area (Å²) in [5.41, 5.74) is 1.63. The normalized spacial score (nSPS) is 12.0. The molecule has 0 saturated heterocycles. The van der Waals surface area contributed by atoms with Crippen molar-refractivity contribution in [2.45, 2.75) is 26.2 Å². The maximum absolute atomic E-state index is 12.2. The number of rotatable bonds is 6. The van der Waals surface area contributed by atoms with E-state index >= 15 is 0 Å². The number of benzene rings is 2. The molecule has 2 rings (SSSR count). The summed E-state index contributed by atoms with van der Waals surface area (Å²) in [6.45, 7) is 4.28. The van der Waals surface area contributed by atoms with Crippen LogP contribution in [0.2, 0.25) is 5.02 Å². The van der Waals surface area contributed by atoms with Gasteiger partial charge >= 0.3 is 0 Å². The van der Waals surface area contributed by atoms with Gasteiger partial charge in [0.25, 0.3) is 0 Å². The Labute approximate surface area is 130 Å². The summed E-state index contributed by atoms with van der Waals surface area (Å²) in [5.74, 6) is 1.06. The van der Waals surface area contributed by atoms with Crippen LogP contribution in [0.5, 0.6) is 5.75 Å². The minimum atomic E-state index is -0.112. The fourth-order valence-electron chi connectivity index (χ4n) is 2.15. The third-order valence-electron chi connectivity index (χ3n) is 3.60. The average Bonchev–Trinajstić information content (AvgIpc) is 2.52. The molecule has 21 heavy (non-hydrogen) atoms. The van der Waals surface area contributed by atoms with E-state index in [0.29, 0.717) is 16.5 Å². The second-order valence-corrected chi connectivity index (χ2v) is 5.45. The van der Waals surface area contributed by atoms with Crippen molar-refractivity contribution in [3.05, 3.63) is 64.7 Å². The van der Waals surface area contributed by atoms with Crippen molar-refractivity contribution in [2.75, 3.05) is 6.61 Å². The number of para-hydroxylation sites is 1. The molecular weight excluding hydrogens is 284 g/mol. The van der Waals surface area contributed by atoms with E-state index in [-0.39, 0.29) is 12.4 Å². The van der Waals surface area contributed by atoms with Crippen molar-refractivity contribution in [3.8, 4) is 5.75 Å². The first-order valence-corrected chi connectivity index (χ1v) is 7.50. The van der Waals surface area contributed by atoms with E-state index in [2.05, 4.69) is 13.8 Å². The van der Waals surface area contributed by atoms with Crippen molar-refractivity contribution in [3.63, 3.8) is 0 Å². The number of carbonyl (C=O) groups excluding carboxylic acids is 1. The first-order valence-electron chi connectivity index (χ1n) is 7.13. The van der Waals surface area contributed by atoms with Crippen molar-refractivity contribution >= 4 is 17.4 Å². The standard InChI is InChI=1S/C18H19ClO2/c1-3-13(2)14-8-5-7-11-18(14)21-12-17(20)15-9-4-6-10-16(15)19/h4-11,13H,3,12H2,1-2H3. The van der Waals surface area contributed by atoms with Gasteiger partial charge in [0.15, 0.2) is 6.61 Å². The molecule has 0 aliphatic heterocycles. The lowest BCUT2D eigenvalue weighted by Crippen LogP contribution is -2.13. The molecule has 0 aromatic heterocycles. The van der Waals surface area contributed by atoms with Crippen LogP contribution in [-0.2, 0) is 0 Å². The lowest BCUT2D eigenvalue weighted by molar-refractivity contribution is 0.0920. The van der Waals surface area contributed by atoms with Crippen molar-refractivity contribution in [1.82, 2.24) is 0 Å². The highest BCUT2D eigenvalue weighted by atomic mass is 35.5. The predicted molar refractivity (Wildman–Crippen MR) is 86.4 cm³/mol. The van der Waals surface area contributed by atoms with Gasteiger partial charge in [0, 0.05) is 5.56 Å². The van der Waals surface area contributed by atoms with Crippen LogP contribution in [0, 0.1) is 0 Å². The second-order valence-electron chi connectivity index (χ2n) is 5.04. The van der Waals surface area contributed by atoms with Crippen LogP contribution < -0.4 is 4.74 Å². The number of ketones is 1. The highest BCUT2D eigenvalue weighted by Crippen LogP contribution is 2.28. The zero-order valence-corrected chi connectivity index (χ0v) is 13.1. The maximum Gasteiger partial charge on any atom is 0.201 e. The molecule has 0 aliphatic rings. The number of halogens is 1. The third kappa shape index (κ3) is 3.85. The molecular formula is C18H19ClO2. The highest BCUT2D eigenvalue weighted by Gasteiger charge is 2.13. The molecule has 0 spiro atoms. The zero-order chi connectivity index (χ0) is 15.2. The summed E-state index contributed by atoms with van der Waals surface area (Å²) < 4.78 is 5.72. The van der Waals surface area contributed by atoms with Gasteiger partial charge in [-0.2, -0.15) is 0 Å². The number of ether oxygens (including phenoxy) is 1. The van der Waals surface area contributed by atoms with E-state index in [1.807, 2.05) is 24.3 Å². The van der Waals surface area contributed by atoms with Crippen LogP contribution in [0.4, 0.5) is 0 Å². The molecule has 2 aromatic rings. The number of carbonyl (C=O) groups is 1. The van der Waals surface area contributed by atoms with E-state index in [0.717, 1.165) is 17.7 Å². The third-order valence-corrected chi connectivity index (χ3v) is 3.92. The molecule has 0 fully saturated rings. The van der Waals surface area contributed by atoms with Gasteiger partial charge in [-0.1, -0.05) is 55.8 Å². The first kappa shape index (κ1) is 15.6. The summed E-state index contributed by atoms with van der Waals surface area (Å²) in [4.78, 5) is 12.2. The minimum absolute atomic E-state index is 0.00280. The van der Waals surface area contributed by atoms with Crippen LogP contribution in [-0.4, -0.2) is 12.4 Å². The van der Waals surface area contributed by atoms with Gasteiger partial charge in [0.1, 0.15) is 5.75 Å². The number of Topliss-reactive ketones (excluding diaryl/α,β-unsaturated/α-hetero) is 1. The Bertz CT molecular complexity index is 622. The molecule has 0 radical (unpaired) electrons. The largest absolute Gasteiger partial charge is 0.485 e. The van der Waals surface area contributed by atoms with Gasteiger partial charge < -0.3 is 4.74 Å². The van der Waals surface area contributed by atoms with Gasteiger partial charge in [0.2, 0.25) is 5.78 Å². The predicted octanol–water partition coefficient (Wildman–Crippen LogP) is 5.12. The smallest absolute Gasteiger partial charge is 0.201 e. The van der Waals surface area contributed by atoms with Crippen LogP contribution in [0.15, 0.2) is 48.5 Å². The van der Waals surface area contributed by atoms with E-state index in [1.165, 1.54) is 0 Å². The number of hydrogen-bond donors (Lipinski definition) is 0. The zero-order valence-electron chi connectivity index (χ0n) is 12.3. The van der Waals surface area contributed by atoms with E-state index in [9.17, 15) is 4.79 Å². The van der Waals surface area contributed by atoms with Crippen LogP contribution in [0.3, 0.4) is 0 Å². The summed E-state index contributed by atoms with van der Waals surface area (Å²) in [7, 11) is 0. The highest BCUT2D eigenvalue weighted by molar-refractivity contribution is 6.34. The molecule has 0 amide bonds. The van der Waals surface area contributed by atoms with E-state index in [4.69, 9.17) is 16.3 Å². The molecule has 2 nitrogen and oxygen atoms in total. The molecule has 0 saturated carbocycles. The molecule has 2 aromatic carbocycles. The number of hydrogen-bond acceptors (Lipinski definition) is 2. The molecule has 110 valence electrons. The molecule has 1 unspecified atom stereocenters. The van der Waals surface area contributed by atoms with Crippen molar-refractivity contribution in [2.24, 2.45) is 0 Å².